The van der Waals surface area contributed by atoms with Crippen molar-refractivity contribution in [2.45, 2.75) is 71.6 Å². The van der Waals surface area contributed by atoms with E-state index in [4.69, 9.17) is 0 Å². The van der Waals surface area contributed by atoms with Crippen LogP contribution < -0.4 is 30.4 Å². The first-order chi connectivity index (χ1) is 22.5. The first-order valence-corrected chi connectivity index (χ1v) is 20.6. The molecular formula is C40H47N2O4SSi+. The van der Waals surface area contributed by atoms with Gasteiger partial charge in [-0.3, -0.25) is 4.79 Å². The lowest BCUT2D eigenvalue weighted by Gasteiger charge is -2.43. The van der Waals surface area contributed by atoms with E-state index in [1.165, 1.54) is 43.7 Å². The van der Waals surface area contributed by atoms with E-state index in [1.807, 2.05) is 12.1 Å². The molecule has 6 nitrogen and oxygen atoms in total. The van der Waals surface area contributed by atoms with Gasteiger partial charge in [0.15, 0.2) is 5.54 Å². The zero-order valence-corrected chi connectivity index (χ0v) is 31.4. The molecule has 0 amide bonds. The number of aromatic carboxylic acids is 1. The molecule has 0 spiro atoms. The van der Waals surface area contributed by atoms with Crippen LogP contribution in [-0.4, -0.2) is 66.9 Å². The molecule has 3 aromatic rings. The van der Waals surface area contributed by atoms with Crippen molar-refractivity contribution in [1.82, 2.24) is 4.58 Å². The second-order valence-corrected chi connectivity index (χ2v) is 20.4. The summed E-state index contributed by atoms with van der Waals surface area (Å²) in [4.78, 5) is 26.5. The number of hydrogen-bond acceptors (Lipinski definition) is 4. The molecule has 0 aliphatic carbocycles. The molecule has 3 aromatic carbocycles. The largest absolute Gasteiger partial charge is 0.481 e. The molecule has 0 bridgehead atoms. The monoisotopic (exact) mass is 679 g/mol. The van der Waals surface area contributed by atoms with Gasteiger partial charge in [0.05, 0.1) is 17.5 Å². The summed E-state index contributed by atoms with van der Waals surface area (Å²) in [6, 6.07) is 17.9. The fourth-order valence-electron chi connectivity index (χ4n) is 7.99. The summed E-state index contributed by atoms with van der Waals surface area (Å²) in [5.41, 5.74) is 8.77. The number of carbonyl (C=O) groups is 2. The van der Waals surface area contributed by atoms with Crippen molar-refractivity contribution in [1.29, 1.82) is 0 Å². The molecule has 6 rings (SSSR count). The van der Waals surface area contributed by atoms with Crippen molar-refractivity contribution in [3.05, 3.63) is 99.1 Å². The number of thioether (sulfide) groups is 1. The van der Waals surface area contributed by atoms with Gasteiger partial charge in [0.25, 0.3) is 0 Å². The number of aliphatic carboxylic acids is 1. The predicted octanol–water partition coefficient (Wildman–Crippen LogP) is 5.29. The minimum Gasteiger partial charge on any atom is -0.481 e. The highest BCUT2D eigenvalue weighted by Crippen LogP contribution is 2.41. The van der Waals surface area contributed by atoms with E-state index in [1.54, 1.807) is 23.9 Å². The summed E-state index contributed by atoms with van der Waals surface area (Å²) in [6.45, 7) is 15.8. The molecule has 0 radical (unpaired) electrons. The van der Waals surface area contributed by atoms with Gasteiger partial charge in [-0.1, -0.05) is 30.8 Å². The molecule has 3 aliphatic heterocycles. The topological polar surface area (TPSA) is 80.9 Å². The number of allylic oxidation sites excluding steroid dienone is 2. The van der Waals surface area contributed by atoms with E-state index in [0.717, 1.165) is 33.7 Å². The van der Waals surface area contributed by atoms with Crippen molar-refractivity contribution in [3.8, 4) is 0 Å². The predicted molar refractivity (Wildman–Crippen MR) is 203 cm³/mol. The minimum absolute atomic E-state index is 0.151. The Morgan fingerprint density at radius 2 is 1.56 bits per heavy atom. The van der Waals surface area contributed by atoms with Gasteiger partial charge in [-0.05, 0) is 113 Å². The molecular weight excluding hydrogens is 633 g/mol. The van der Waals surface area contributed by atoms with Crippen molar-refractivity contribution >= 4 is 64.6 Å². The van der Waals surface area contributed by atoms with Crippen molar-refractivity contribution < 1.29 is 19.8 Å². The van der Waals surface area contributed by atoms with Crippen molar-refractivity contribution in [3.63, 3.8) is 0 Å². The first-order valence-electron chi connectivity index (χ1n) is 16.7. The minimum atomic E-state index is -2.52. The van der Waals surface area contributed by atoms with Crippen LogP contribution in [0.2, 0.25) is 12.6 Å². The van der Waals surface area contributed by atoms with Gasteiger partial charge in [0, 0.05) is 49.5 Å². The van der Waals surface area contributed by atoms with Crippen LogP contribution >= 0.6 is 11.8 Å². The lowest BCUT2D eigenvalue weighted by atomic mass is 9.84. The maximum atomic E-state index is 12.8. The third-order valence-corrected chi connectivity index (χ3v) is 16.9. The highest BCUT2D eigenvalue weighted by atomic mass is 32.2. The Kier molecular flexibility index (Phi) is 8.44. The number of carboxylic acids is 2. The Hall–Kier alpha value is -3.88. The lowest BCUT2D eigenvalue weighted by Crippen LogP contribution is -2.66. The summed E-state index contributed by atoms with van der Waals surface area (Å²) >= 11 is 1.72. The fraction of sp³-hybridized carbons (Fsp3) is 0.375. The van der Waals surface area contributed by atoms with Gasteiger partial charge in [-0.2, -0.15) is 11.8 Å². The average Bonchev–Trinajstić information content (AvgIpc) is 3.01. The number of benzene rings is 3. The normalized spacial score (nSPS) is 20.2. The Morgan fingerprint density at radius 3 is 2.25 bits per heavy atom. The average molecular weight is 680 g/mol. The van der Waals surface area contributed by atoms with Crippen LogP contribution in [-0.2, 0) is 4.79 Å². The summed E-state index contributed by atoms with van der Waals surface area (Å²) in [6.07, 6.45) is 4.79. The van der Waals surface area contributed by atoms with Crippen LogP contribution in [0.5, 0.6) is 0 Å². The number of fused-ring (bicyclic) bond motifs is 4. The Morgan fingerprint density at radius 1 is 0.875 bits per heavy atom. The van der Waals surface area contributed by atoms with E-state index in [0.29, 0.717) is 11.3 Å². The standard InChI is InChI=1S/C40H46N2O4SSi/c1-24-22-39(3,4)41(7)32-20-34-30(18-28(24)32)37(26-12-10-11-13-27(26)38(45)46)31-19-29-25(2)23-40(5,6)42(8)33(29)21-35(31)48(34,9)17-16-47-15-14-36(43)44/h10-13,18-23H,14-17H2,1-9H3,(H-,43,44,45,46)/p+1. The molecule has 1 unspecified atom stereocenters. The van der Waals surface area contributed by atoms with Gasteiger partial charge in [-0.15, -0.1) is 0 Å². The lowest BCUT2D eigenvalue weighted by molar-refractivity contribution is -0.136. The third-order valence-electron chi connectivity index (χ3n) is 11.1. The summed E-state index contributed by atoms with van der Waals surface area (Å²) in [7, 11) is 1.81. The Bertz CT molecular complexity index is 2090. The first kappa shape index (κ1) is 34.0. The Labute approximate surface area is 289 Å². The molecule has 3 aliphatic rings. The molecule has 0 aromatic heterocycles. The van der Waals surface area contributed by atoms with Gasteiger partial charge in [-0.25, -0.2) is 9.37 Å². The van der Waals surface area contributed by atoms with E-state index < -0.39 is 20.0 Å². The highest BCUT2D eigenvalue weighted by molar-refractivity contribution is 7.99. The van der Waals surface area contributed by atoms with Crippen LogP contribution in [0.3, 0.4) is 0 Å². The molecule has 0 saturated heterocycles. The zero-order chi connectivity index (χ0) is 34.9. The number of likely N-dealkylation sites (N-methyl/N-ethyl adjacent to an activating group) is 2. The van der Waals surface area contributed by atoms with Crippen LogP contribution in [0, 0.1) is 0 Å². The molecule has 3 heterocycles. The molecule has 0 fully saturated rings. The molecule has 2 N–H and O–H groups in total. The van der Waals surface area contributed by atoms with Gasteiger partial charge in [0.1, 0.15) is 15.1 Å². The van der Waals surface area contributed by atoms with Crippen molar-refractivity contribution in [2.75, 3.05) is 30.5 Å². The maximum Gasteiger partial charge on any atom is 0.336 e. The number of rotatable bonds is 8. The highest BCUT2D eigenvalue weighted by Gasteiger charge is 2.43. The number of nitrogens with zero attached hydrogens (tertiary/aromatic N) is 2. The van der Waals surface area contributed by atoms with Crippen LogP contribution in [0.25, 0.3) is 16.7 Å². The fourth-order valence-corrected chi connectivity index (χ4v) is 14.1. The number of hydrogen-bond donors (Lipinski definition) is 2. The van der Waals surface area contributed by atoms with Gasteiger partial charge >= 0.3 is 11.9 Å². The van der Waals surface area contributed by atoms with Crippen LogP contribution in [0.4, 0.5) is 5.69 Å². The number of carboxylic acid groups (broad SMARTS) is 2. The SMILES string of the molecule is CC1=CC(C)(C)N(C)c2cc3c(cc21)C(c1ccccc1C(=O)O)=c1cc2c(cc1[Si]3(C)CCSCCC(=O)O)=[N+](C)C(C)(C)C=C2C. The summed E-state index contributed by atoms with van der Waals surface area (Å²) in [5.74, 6) is -0.270. The smallest absolute Gasteiger partial charge is 0.336 e. The van der Waals surface area contributed by atoms with Gasteiger partial charge < -0.3 is 15.1 Å². The quantitative estimate of drug-likeness (QED) is 0.191. The molecule has 8 heteroatoms. The van der Waals surface area contributed by atoms with E-state index in [2.05, 4.69) is 108 Å². The summed E-state index contributed by atoms with van der Waals surface area (Å²) < 4.78 is 2.36. The van der Waals surface area contributed by atoms with Crippen molar-refractivity contribution in [2.24, 2.45) is 0 Å². The molecule has 250 valence electrons. The van der Waals surface area contributed by atoms with E-state index >= 15 is 0 Å². The van der Waals surface area contributed by atoms with E-state index in [9.17, 15) is 19.8 Å². The third kappa shape index (κ3) is 5.47. The van der Waals surface area contributed by atoms with Crippen LogP contribution in [0.1, 0.15) is 80.6 Å². The summed E-state index contributed by atoms with van der Waals surface area (Å²) in [5, 5.41) is 24.7. The molecule has 0 saturated carbocycles. The molecule has 48 heavy (non-hydrogen) atoms. The molecule has 1 atom stereocenters. The van der Waals surface area contributed by atoms with E-state index in [-0.39, 0.29) is 17.5 Å². The second kappa shape index (κ2) is 11.9. The second-order valence-electron chi connectivity index (χ2n) is 15.0. The maximum absolute atomic E-state index is 12.8. The number of anilines is 1. The van der Waals surface area contributed by atoms with Gasteiger partial charge in [0.2, 0.25) is 5.36 Å². The zero-order valence-electron chi connectivity index (χ0n) is 29.6. The Balaban J connectivity index is 1.77. The van der Waals surface area contributed by atoms with Crippen LogP contribution in [0.15, 0.2) is 60.7 Å².